The lowest BCUT2D eigenvalue weighted by atomic mass is 10.2. The maximum atomic E-state index is 11.2. The number of hydrogen-bond acceptors (Lipinski definition) is 4. The van der Waals surface area contributed by atoms with Crippen LogP contribution in [0.5, 0.6) is 0 Å². The van der Waals surface area contributed by atoms with Crippen molar-refractivity contribution in [3.8, 4) is 0 Å². The van der Waals surface area contributed by atoms with Gasteiger partial charge < -0.3 is 5.73 Å². The van der Waals surface area contributed by atoms with E-state index < -0.39 is 0 Å². The zero-order valence-corrected chi connectivity index (χ0v) is 11.8. The molecule has 1 aromatic heterocycles. The van der Waals surface area contributed by atoms with Gasteiger partial charge in [-0.25, -0.2) is 4.98 Å². The number of halogens is 1. The van der Waals surface area contributed by atoms with Crippen LogP contribution in [-0.4, -0.2) is 34.9 Å². The summed E-state index contributed by atoms with van der Waals surface area (Å²) in [5, 5.41) is 3.13. The van der Waals surface area contributed by atoms with Crippen LogP contribution >= 0.6 is 22.9 Å². The van der Waals surface area contributed by atoms with E-state index in [1.165, 1.54) is 0 Å². The molecule has 2 heterocycles. The molecule has 1 fully saturated rings. The zero-order chi connectivity index (χ0) is 13.0. The third-order valence-corrected chi connectivity index (χ3v) is 4.50. The molecule has 1 aliphatic heterocycles. The summed E-state index contributed by atoms with van der Waals surface area (Å²) < 4.78 is 0. The SMILES string of the molecule is NC(=O)C1CCCN1CCCc1nc(CCl)cs1. The van der Waals surface area contributed by atoms with Crippen LogP contribution in [-0.2, 0) is 17.1 Å². The smallest absolute Gasteiger partial charge is 0.234 e. The molecule has 1 atom stereocenters. The minimum Gasteiger partial charge on any atom is -0.368 e. The lowest BCUT2D eigenvalue weighted by Crippen LogP contribution is -2.40. The molecule has 0 bridgehead atoms. The molecular formula is C12H18ClN3OS. The number of thiazole rings is 1. The van der Waals surface area contributed by atoms with E-state index in [-0.39, 0.29) is 11.9 Å². The van der Waals surface area contributed by atoms with E-state index in [1.54, 1.807) is 11.3 Å². The Morgan fingerprint density at radius 2 is 2.50 bits per heavy atom. The Hall–Kier alpha value is -0.650. The summed E-state index contributed by atoms with van der Waals surface area (Å²) in [7, 11) is 0. The van der Waals surface area contributed by atoms with Crippen molar-refractivity contribution < 1.29 is 4.79 Å². The van der Waals surface area contributed by atoms with Crippen molar-refractivity contribution in [2.45, 2.75) is 37.6 Å². The summed E-state index contributed by atoms with van der Waals surface area (Å²) in [6.07, 6.45) is 3.94. The van der Waals surface area contributed by atoms with Crippen LogP contribution < -0.4 is 5.73 Å². The summed E-state index contributed by atoms with van der Waals surface area (Å²) in [4.78, 5) is 17.9. The quantitative estimate of drug-likeness (QED) is 0.811. The molecule has 0 radical (unpaired) electrons. The van der Waals surface area contributed by atoms with Crippen LogP contribution in [0, 0.1) is 0 Å². The fraction of sp³-hybridized carbons (Fsp3) is 0.667. The van der Waals surface area contributed by atoms with Crippen molar-refractivity contribution >= 4 is 28.8 Å². The number of amides is 1. The van der Waals surface area contributed by atoms with Crippen LogP contribution in [0.2, 0.25) is 0 Å². The average Bonchev–Trinajstić information content (AvgIpc) is 2.97. The second-order valence-corrected chi connectivity index (χ2v) is 5.78. The molecule has 1 aromatic rings. The van der Waals surface area contributed by atoms with E-state index in [0.717, 1.165) is 49.5 Å². The fourth-order valence-electron chi connectivity index (χ4n) is 2.37. The van der Waals surface area contributed by atoms with Crippen LogP contribution in [0.1, 0.15) is 30.0 Å². The first kappa shape index (κ1) is 13.8. The average molecular weight is 288 g/mol. The summed E-state index contributed by atoms with van der Waals surface area (Å²) in [6.45, 7) is 1.90. The van der Waals surface area contributed by atoms with Crippen molar-refractivity contribution in [2.24, 2.45) is 5.73 Å². The molecule has 0 aromatic carbocycles. The minimum atomic E-state index is -0.189. The van der Waals surface area contributed by atoms with Crippen molar-refractivity contribution in [3.05, 3.63) is 16.1 Å². The molecule has 1 unspecified atom stereocenters. The van der Waals surface area contributed by atoms with E-state index in [1.807, 2.05) is 5.38 Å². The number of nitrogens with two attached hydrogens (primary N) is 1. The van der Waals surface area contributed by atoms with Crippen molar-refractivity contribution in [1.82, 2.24) is 9.88 Å². The van der Waals surface area contributed by atoms with Crippen LogP contribution in [0.15, 0.2) is 5.38 Å². The summed E-state index contributed by atoms with van der Waals surface area (Å²) in [5.74, 6) is 0.290. The number of carbonyl (C=O) groups excluding carboxylic acids is 1. The minimum absolute atomic E-state index is 0.0558. The van der Waals surface area contributed by atoms with Crippen molar-refractivity contribution in [1.29, 1.82) is 0 Å². The van der Waals surface area contributed by atoms with Gasteiger partial charge in [-0.05, 0) is 32.4 Å². The number of nitrogens with zero attached hydrogens (tertiary/aromatic N) is 2. The Bertz CT molecular complexity index is 410. The van der Waals surface area contributed by atoms with Gasteiger partial charge in [-0.1, -0.05) is 0 Å². The molecule has 0 saturated carbocycles. The molecule has 2 rings (SSSR count). The first-order chi connectivity index (χ1) is 8.70. The molecule has 2 N–H and O–H groups in total. The zero-order valence-electron chi connectivity index (χ0n) is 10.3. The number of alkyl halides is 1. The first-order valence-corrected chi connectivity index (χ1v) is 7.64. The summed E-state index contributed by atoms with van der Waals surface area (Å²) >= 11 is 7.37. The second-order valence-electron chi connectivity index (χ2n) is 4.57. The molecule has 0 spiro atoms. The standard InChI is InChI=1S/C12H18ClN3OS/c13-7-9-8-18-11(15-9)4-2-6-16-5-1-3-10(16)12(14)17/h8,10H,1-7H2,(H2,14,17). The molecule has 1 aliphatic rings. The first-order valence-electron chi connectivity index (χ1n) is 6.23. The van der Waals surface area contributed by atoms with Gasteiger partial charge in [0.05, 0.1) is 22.6 Å². The van der Waals surface area contributed by atoms with E-state index in [2.05, 4.69) is 9.88 Å². The largest absolute Gasteiger partial charge is 0.368 e. The number of primary amides is 1. The van der Waals surface area contributed by atoms with Gasteiger partial charge in [-0.15, -0.1) is 22.9 Å². The van der Waals surface area contributed by atoms with Crippen molar-refractivity contribution in [2.75, 3.05) is 13.1 Å². The predicted molar refractivity (Wildman–Crippen MR) is 73.8 cm³/mol. The van der Waals surface area contributed by atoms with Gasteiger partial charge in [0.1, 0.15) is 0 Å². The van der Waals surface area contributed by atoms with E-state index in [4.69, 9.17) is 17.3 Å². The van der Waals surface area contributed by atoms with Crippen LogP contribution in [0.4, 0.5) is 0 Å². The predicted octanol–water partition coefficient (Wildman–Crippen LogP) is 1.76. The lowest BCUT2D eigenvalue weighted by Gasteiger charge is -2.21. The third-order valence-electron chi connectivity index (χ3n) is 3.26. The van der Waals surface area contributed by atoms with E-state index >= 15 is 0 Å². The number of aromatic nitrogens is 1. The molecule has 6 heteroatoms. The fourth-order valence-corrected chi connectivity index (χ4v) is 3.44. The highest BCUT2D eigenvalue weighted by Gasteiger charge is 2.28. The van der Waals surface area contributed by atoms with Gasteiger partial charge in [0.25, 0.3) is 0 Å². The van der Waals surface area contributed by atoms with Gasteiger partial charge in [-0.3, -0.25) is 9.69 Å². The summed E-state index contributed by atoms with van der Waals surface area (Å²) in [6, 6.07) is -0.0558. The molecule has 4 nitrogen and oxygen atoms in total. The van der Waals surface area contributed by atoms with Gasteiger partial charge in [-0.2, -0.15) is 0 Å². The number of likely N-dealkylation sites (tertiary alicyclic amines) is 1. The maximum Gasteiger partial charge on any atom is 0.234 e. The van der Waals surface area contributed by atoms with Crippen molar-refractivity contribution in [3.63, 3.8) is 0 Å². The van der Waals surface area contributed by atoms with Crippen LogP contribution in [0.25, 0.3) is 0 Å². The Labute approximate surface area is 116 Å². The topological polar surface area (TPSA) is 59.2 Å². The Kier molecular flexibility index (Phi) is 4.97. The Morgan fingerprint density at radius 1 is 1.67 bits per heavy atom. The molecule has 100 valence electrons. The van der Waals surface area contributed by atoms with Crippen LogP contribution in [0.3, 0.4) is 0 Å². The molecular weight excluding hydrogens is 270 g/mol. The Balaban J connectivity index is 1.76. The molecule has 18 heavy (non-hydrogen) atoms. The van der Waals surface area contributed by atoms with Gasteiger partial charge in [0.2, 0.25) is 5.91 Å². The number of rotatable bonds is 6. The maximum absolute atomic E-state index is 11.2. The van der Waals surface area contributed by atoms with Gasteiger partial charge in [0.15, 0.2) is 0 Å². The monoisotopic (exact) mass is 287 g/mol. The normalized spacial score (nSPS) is 20.4. The number of carbonyl (C=O) groups is 1. The highest BCUT2D eigenvalue weighted by atomic mass is 35.5. The summed E-state index contributed by atoms with van der Waals surface area (Å²) in [5.41, 5.74) is 6.34. The third kappa shape index (κ3) is 3.43. The molecule has 0 aliphatic carbocycles. The highest BCUT2D eigenvalue weighted by Crippen LogP contribution is 2.18. The van der Waals surface area contributed by atoms with E-state index in [0.29, 0.717) is 5.88 Å². The lowest BCUT2D eigenvalue weighted by molar-refractivity contribution is -0.122. The van der Waals surface area contributed by atoms with Gasteiger partial charge in [0, 0.05) is 11.8 Å². The second kappa shape index (κ2) is 6.50. The number of hydrogen-bond donors (Lipinski definition) is 1. The highest BCUT2D eigenvalue weighted by molar-refractivity contribution is 7.09. The number of aryl methyl sites for hydroxylation is 1. The van der Waals surface area contributed by atoms with E-state index in [9.17, 15) is 4.79 Å². The molecule has 1 saturated heterocycles. The molecule has 1 amide bonds. The van der Waals surface area contributed by atoms with Gasteiger partial charge >= 0.3 is 0 Å². The Morgan fingerprint density at radius 3 is 3.17 bits per heavy atom.